The van der Waals surface area contributed by atoms with Gasteiger partial charge < -0.3 is 5.11 Å². The number of aliphatic hydroxyl groups excluding tert-OH is 1. The van der Waals surface area contributed by atoms with Crippen LogP contribution in [0, 0.1) is 0 Å². The number of hydrogen-bond donors (Lipinski definition) is 1. The van der Waals surface area contributed by atoms with Crippen molar-refractivity contribution in [3.8, 4) is 0 Å². The van der Waals surface area contributed by atoms with Crippen molar-refractivity contribution in [3.05, 3.63) is 11.4 Å². The van der Waals surface area contributed by atoms with Crippen molar-refractivity contribution < 1.29 is 9.90 Å². The molecule has 0 bridgehead atoms. The fourth-order valence-corrected chi connectivity index (χ4v) is 2.22. The highest BCUT2D eigenvalue weighted by atomic mass is 16.3. The van der Waals surface area contributed by atoms with Gasteiger partial charge in [-0.05, 0) is 32.6 Å². The summed E-state index contributed by atoms with van der Waals surface area (Å²) < 4.78 is 1.84. The largest absolute Gasteiger partial charge is 0.393 e. The van der Waals surface area contributed by atoms with Gasteiger partial charge >= 0.3 is 0 Å². The normalized spacial score (nSPS) is 17.8. The molecule has 1 unspecified atom stereocenters. The van der Waals surface area contributed by atoms with Gasteiger partial charge in [-0.25, -0.2) is 4.68 Å². The SMILES string of the molecule is CC(O)CCCn1nnc(C=O)c1C1CCC1. The molecule has 1 heterocycles. The van der Waals surface area contributed by atoms with E-state index in [4.69, 9.17) is 0 Å². The van der Waals surface area contributed by atoms with Gasteiger partial charge in [-0.2, -0.15) is 0 Å². The Bertz CT molecular complexity index is 383. The second-order valence-electron chi connectivity index (χ2n) is 4.82. The Morgan fingerprint density at radius 2 is 2.35 bits per heavy atom. The summed E-state index contributed by atoms with van der Waals surface area (Å²) in [7, 11) is 0. The molecule has 0 saturated heterocycles. The molecule has 17 heavy (non-hydrogen) atoms. The standard InChI is InChI=1S/C12H19N3O2/c1-9(17)4-3-7-15-12(10-5-2-6-10)11(8-16)13-14-15/h8-10,17H,2-7H2,1H3. The first kappa shape index (κ1) is 12.2. The summed E-state index contributed by atoms with van der Waals surface area (Å²) in [5.74, 6) is 0.455. The number of aromatic nitrogens is 3. The minimum atomic E-state index is -0.281. The fourth-order valence-electron chi connectivity index (χ4n) is 2.22. The van der Waals surface area contributed by atoms with Crippen molar-refractivity contribution in [2.24, 2.45) is 0 Å². The minimum Gasteiger partial charge on any atom is -0.393 e. The van der Waals surface area contributed by atoms with Crippen LogP contribution in [0.3, 0.4) is 0 Å². The molecule has 1 aromatic heterocycles. The summed E-state index contributed by atoms with van der Waals surface area (Å²) in [6, 6.07) is 0. The molecule has 0 aromatic carbocycles. The van der Waals surface area contributed by atoms with Crippen molar-refractivity contribution in [1.29, 1.82) is 0 Å². The molecule has 0 radical (unpaired) electrons. The predicted octanol–water partition coefficient (Wildman–Crippen LogP) is 1.52. The van der Waals surface area contributed by atoms with E-state index >= 15 is 0 Å². The molecule has 1 N–H and O–H groups in total. The number of aliphatic hydroxyl groups is 1. The minimum absolute atomic E-state index is 0.281. The highest BCUT2D eigenvalue weighted by molar-refractivity contribution is 5.73. The van der Waals surface area contributed by atoms with E-state index in [0.29, 0.717) is 11.6 Å². The molecule has 2 rings (SSSR count). The molecule has 0 aliphatic heterocycles. The van der Waals surface area contributed by atoms with Crippen LogP contribution < -0.4 is 0 Å². The van der Waals surface area contributed by atoms with Crippen molar-refractivity contribution in [1.82, 2.24) is 15.0 Å². The molecule has 1 aromatic rings. The summed E-state index contributed by atoms with van der Waals surface area (Å²) in [6.07, 6.45) is 5.61. The zero-order valence-electron chi connectivity index (χ0n) is 10.2. The van der Waals surface area contributed by atoms with Gasteiger partial charge in [0.1, 0.15) is 5.69 Å². The molecule has 0 amide bonds. The topological polar surface area (TPSA) is 68.0 Å². The number of carbonyl (C=O) groups is 1. The summed E-state index contributed by atoms with van der Waals surface area (Å²) in [5.41, 5.74) is 1.49. The van der Waals surface area contributed by atoms with E-state index in [9.17, 15) is 9.90 Å². The van der Waals surface area contributed by atoms with Gasteiger partial charge in [-0.15, -0.1) is 5.10 Å². The number of aryl methyl sites for hydroxylation is 1. The van der Waals surface area contributed by atoms with E-state index < -0.39 is 0 Å². The van der Waals surface area contributed by atoms with Crippen LogP contribution in [0.1, 0.15) is 61.1 Å². The fraction of sp³-hybridized carbons (Fsp3) is 0.750. The Balaban J connectivity index is 2.05. The van der Waals surface area contributed by atoms with Crippen LogP contribution in [0.5, 0.6) is 0 Å². The van der Waals surface area contributed by atoms with Crippen LogP contribution >= 0.6 is 0 Å². The van der Waals surface area contributed by atoms with Crippen LogP contribution in [0.25, 0.3) is 0 Å². The molecule has 94 valence electrons. The number of rotatable bonds is 6. The quantitative estimate of drug-likeness (QED) is 0.762. The lowest BCUT2D eigenvalue weighted by Crippen LogP contribution is -2.17. The Morgan fingerprint density at radius 3 is 2.88 bits per heavy atom. The van der Waals surface area contributed by atoms with E-state index in [-0.39, 0.29) is 6.10 Å². The average Bonchev–Trinajstić information content (AvgIpc) is 2.59. The van der Waals surface area contributed by atoms with Crippen molar-refractivity contribution in [2.45, 2.75) is 57.6 Å². The van der Waals surface area contributed by atoms with Gasteiger partial charge in [0.2, 0.25) is 0 Å². The molecule has 1 aliphatic carbocycles. The Hall–Kier alpha value is -1.23. The first-order valence-corrected chi connectivity index (χ1v) is 6.29. The lowest BCUT2D eigenvalue weighted by molar-refractivity contribution is 0.111. The van der Waals surface area contributed by atoms with E-state index in [0.717, 1.165) is 44.2 Å². The molecule has 1 fully saturated rings. The highest BCUT2D eigenvalue weighted by Crippen LogP contribution is 2.37. The van der Waals surface area contributed by atoms with E-state index in [1.54, 1.807) is 6.92 Å². The zero-order valence-corrected chi connectivity index (χ0v) is 10.2. The molecule has 1 saturated carbocycles. The number of aldehydes is 1. The second-order valence-corrected chi connectivity index (χ2v) is 4.82. The first-order chi connectivity index (χ1) is 8.22. The van der Waals surface area contributed by atoms with Gasteiger partial charge in [-0.3, -0.25) is 4.79 Å². The zero-order chi connectivity index (χ0) is 12.3. The first-order valence-electron chi connectivity index (χ1n) is 6.29. The predicted molar refractivity (Wildman–Crippen MR) is 62.9 cm³/mol. The Morgan fingerprint density at radius 1 is 1.59 bits per heavy atom. The maximum Gasteiger partial charge on any atom is 0.172 e. The third-order valence-corrected chi connectivity index (χ3v) is 3.40. The van der Waals surface area contributed by atoms with Gasteiger partial charge in [-0.1, -0.05) is 11.6 Å². The molecule has 5 nitrogen and oxygen atoms in total. The summed E-state index contributed by atoms with van der Waals surface area (Å²) in [5, 5.41) is 17.2. The highest BCUT2D eigenvalue weighted by Gasteiger charge is 2.27. The summed E-state index contributed by atoms with van der Waals surface area (Å²) >= 11 is 0. The third kappa shape index (κ3) is 2.72. The van der Waals surface area contributed by atoms with Crippen molar-refractivity contribution in [2.75, 3.05) is 0 Å². The molecular formula is C12H19N3O2. The van der Waals surface area contributed by atoms with Crippen molar-refractivity contribution >= 4 is 6.29 Å². The van der Waals surface area contributed by atoms with E-state index in [1.807, 2.05) is 4.68 Å². The molecular weight excluding hydrogens is 218 g/mol. The van der Waals surface area contributed by atoms with Crippen LogP contribution in [0.2, 0.25) is 0 Å². The number of carbonyl (C=O) groups excluding carboxylic acids is 1. The maximum atomic E-state index is 10.9. The number of hydrogen-bond acceptors (Lipinski definition) is 4. The number of nitrogens with zero attached hydrogens (tertiary/aromatic N) is 3. The Kier molecular flexibility index (Phi) is 3.89. The monoisotopic (exact) mass is 237 g/mol. The third-order valence-electron chi connectivity index (χ3n) is 3.40. The van der Waals surface area contributed by atoms with Gasteiger partial charge in [0, 0.05) is 12.5 Å². The lowest BCUT2D eigenvalue weighted by Gasteiger charge is -2.26. The van der Waals surface area contributed by atoms with Gasteiger partial charge in [0.15, 0.2) is 6.29 Å². The van der Waals surface area contributed by atoms with E-state index in [2.05, 4.69) is 10.3 Å². The van der Waals surface area contributed by atoms with Gasteiger partial charge in [0.25, 0.3) is 0 Å². The van der Waals surface area contributed by atoms with Gasteiger partial charge in [0.05, 0.1) is 11.8 Å². The molecule has 5 heteroatoms. The molecule has 1 aliphatic rings. The summed E-state index contributed by atoms with van der Waals surface area (Å²) in [6.45, 7) is 2.52. The lowest BCUT2D eigenvalue weighted by atomic mass is 9.82. The summed E-state index contributed by atoms with van der Waals surface area (Å²) in [4.78, 5) is 10.9. The van der Waals surface area contributed by atoms with Crippen LogP contribution in [0.15, 0.2) is 0 Å². The van der Waals surface area contributed by atoms with Crippen LogP contribution in [-0.4, -0.2) is 32.5 Å². The molecule has 0 spiro atoms. The Labute approximate surface area is 101 Å². The van der Waals surface area contributed by atoms with Crippen LogP contribution in [0.4, 0.5) is 0 Å². The van der Waals surface area contributed by atoms with E-state index in [1.165, 1.54) is 6.42 Å². The van der Waals surface area contributed by atoms with Crippen molar-refractivity contribution in [3.63, 3.8) is 0 Å². The second kappa shape index (κ2) is 5.40. The van der Waals surface area contributed by atoms with Crippen LogP contribution in [-0.2, 0) is 6.54 Å². The maximum absolute atomic E-state index is 10.9. The average molecular weight is 237 g/mol. The smallest absolute Gasteiger partial charge is 0.172 e. The molecule has 1 atom stereocenters.